The minimum Gasteiger partial charge on any atom is -0.482 e. The Bertz CT molecular complexity index is 737. The summed E-state index contributed by atoms with van der Waals surface area (Å²) in [5.74, 6) is 0.532. The molecule has 1 atom stereocenters. The van der Waals surface area contributed by atoms with E-state index in [0.29, 0.717) is 50.1 Å². The molecule has 0 spiro atoms. The lowest BCUT2D eigenvalue weighted by Gasteiger charge is -2.38. The van der Waals surface area contributed by atoms with E-state index in [4.69, 9.17) is 10.00 Å². The lowest BCUT2D eigenvalue weighted by molar-refractivity contribution is -0.138. The van der Waals surface area contributed by atoms with Crippen molar-refractivity contribution in [1.82, 2.24) is 14.7 Å². The molecule has 0 bridgehead atoms. The van der Waals surface area contributed by atoms with Gasteiger partial charge < -0.3 is 14.5 Å². The second-order valence-corrected chi connectivity index (χ2v) is 7.49. The van der Waals surface area contributed by atoms with E-state index >= 15 is 0 Å². The van der Waals surface area contributed by atoms with Gasteiger partial charge in [0.25, 0.3) is 5.91 Å². The molecule has 150 valence electrons. The number of piperidine rings is 1. The van der Waals surface area contributed by atoms with E-state index in [9.17, 15) is 9.59 Å². The number of piperazine rings is 1. The van der Waals surface area contributed by atoms with Crippen LogP contribution < -0.4 is 4.74 Å². The fraction of sp³-hybridized carbons (Fsp3) is 0.571. The molecule has 2 heterocycles. The van der Waals surface area contributed by atoms with Crippen LogP contribution in [-0.2, 0) is 9.59 Å². The maximum absolute atomic E-state index is 12.6. The highest BCUT2D eigenvalue weighted by atomic mass is 16.5. The Labute approximate surface area is 166 Å². The summed E-state index contributed by atoms with van der Waals surface area (Å²) in [5.41, 5.74) is 0.422. The zero-order valence-corrected chi connectivity index (χ0v) is 16.5. The van der Waals surface area contributed by atoms with Crippen molar-refractivity contribution in [2.75, 3.05) is 45.9 Å². The molecular weight excluding hydrogens is 356 g/mol. The molecule has 2 saturated heterocycles. The molecule has 0 radical (unpaired) electrons. The van der Waals surface area contributed by atoms with Gasteiger partial charge in [0.1, 0.15) is 11.8 Å². The van der Waals surface area contributed by atoms with Crippen LogP contribution >= 0.6 is 0 Å². The highest BCUT2D eigenvalue weighted by Gasteiger charge is 2.27. The molecule has 1 aromatic rings. The van der Waals surface area contributed by atoms with Crippen LogP contribution in [0, 0.1) is 11.3 Å². The molecule has 0 N–H and O–H groups in total. The van der Waals surface area contributed by atoms with E-state index in [2.05, 4.69) is 17.9 Å². The van der Waals surface area contributed by atoms with Crippen LogP contribution in [0.15, 0.2) is 24.3 Å². The molecule has 7 nitrogen and oxygen atoms in total. The van der Waals surface area contributed by atoms with Gasteiger partial charge >= 0.3 is 0 Å². The molecule has 0 aromatic heterocycles. The van der Waals surface area contributed by atoms with E-state index in [1.807, 2.05) is 4.90 Å². The molecule has 28 heavy (non-hydrogen) atoms. The van der Waals surface area contributed by atoms with Crippen molar-refractivity contribution in [1.29, 1.82) is 5.26 Å². The highest BCUT2D eigenvalue weighted by Crippen LogP contribution is 2.18. The molecule has 2 amide bonds. The van der Waals surface area contributed by atoms with Gasteiger partial charge in [-0.05, 0) is 38.3 Å². The van der Waals surface area contributed by atoms with Gasteiger partial charge in [0.15, 0.2) is 6.61 Å². The van der Waals surface area contributed by atoms with E-state index in [0.717, 1.165) is 19.4 Å². The average molecular weight is 384 g/mol. The number of amides is 2. The summed E-state index contributed by atoms with van der Waals surface area (Å²) in [6.07, 6.45) is 3.38. The van der Waals surface area contributed by atoms with Crippen molar-refractivity contribution in [3.05, 3.63) is 29.8 Å². The van der Waals surface area contributed by atoms with Crippen LogP contribution in [0.3, 0.4) is 0 Å². The number of benzene rings is 1. The Morgan fingerprint density at radius 3 is 2.57 bits per heavy atom. The first-order valence-electron chi connectivity index (χ1n) is 10.00. The number of hydrogen-bond acceptors (Lipinski definition) is 5. The van der Waals surface area contributed by atoms with Gasteiger partial charge in [-0.1, -0.05) is 12.1 Å². The third kappa shape index (κ3) is 5.02. The number of nitriles is 1. The SMILES string of the molecule is CC1CCCCN1C(=O)CN1CCN(C(=O)COc2ccccc2C#N)CC1. The Balaban J connectivity index is 1.42. The quantitative estimate of drug-likeness (QED) is 0.769. The van der Waals surface area contributed by atoms with Crippen molar-refractivity contribution in [2.24, 2.45) is 0 Å². The van der Waals surface area contributed by atoms with E-state index in [-0.39, 0.29) is 18.4 Å². The third-order valence-corrected chi connectivity index (χ3v) is 5.57. The fourth-order valence-electron chi connectivity index (χ4n) is 3.82. The second kappa shape index (κ2) is 9.56. The highest BCUT2D eigenvalue weighted by molar-refractivity contribution is 5.79. The Morgan fingerprint density at radius 2 is 1.86 bits per heavy atom. The van der Waals surface area contributed by atoms with Crippen LogP contribution in [0.2, 0.25) is 0 Å². The standard InChI is InChI=1S/C21H28N4O3/c1-17-6-4-5-9-25(17)20(26)15-23-10-12-24(13-11-23)21(27)16-28-19-8-3-2-7-18(19)14-22/h2-3,7-8,17H,4-6,9-13,15-16H2,1H3. The third-order valence-electron chi connectivity index (χ3n) is 5.57. The zero-order valence-electron chi connectivity index (χ0n) is 16.5. The van der Waals surface area contributed by atoms with Gasteiger partial charge in [-0.25, -0.2) is 0 Å². The number of para-hydroxylation sites is 1. The van der Waals surface area contributed by atoms with Crippen LogP contribution in [0.5, 0.6) is 5.75 Å². The fourth-order valence-corrected chi connectivity index (χ4v) is 3.82. The molecule has 2 aliphatic rings. The van der Waals surface area contributed by atoms with Gasteiger partial charge in [-0.2, -0.15) is 5.26 Å². The smallest absolute Gasteiger partial charge is 0.260 e. The van der Waals surface area contributed by atoms with Crippen LogP contribution in [0.25, 0.3) is 0 Å². The predicted molar refractivity (Wildman–Crippen MR) is 105 cm³/mol. The molecule has 0 saturated carbocycles. The molecule has 2 fully saturated rings. The lowest BCUT2D eigenvalue weighted by atomic mass is 10.0. The first-order chi connectivity index (χ1) is 13.6. The molecule has 7 heteroatoms. The molecule has 2 aliphatic heterocycles. The molecule has 1 unspecified atom stereocenters. The molecule has 3 rings (SSSR count). The van der Waals surface area contributed by atoms with Gasteiger partial charge in [-0.3, -0.25) is 14.5 Å². The van der Waals surface area contributed by atoms with E-state index in [1.54, 1.807) is 29.2 Å². The van der Waals surface area contributed by atoms with E-state index in [1.165, 1.54) is 6.42 Å². The van der Waals surface area contributed by atoms with Crippen LogP contribution in [0.4, 0.5) is 0 Å². The summed E-state index contributed by atoms with van der Waals surface area (Å²) in [4.78, 5) is 30.9. The van der Waals surface area contributed by atoms with Gasteiger partial charge in [0.05, 0.1) is 12.1 Å². The number of hydrogen-bond donors (Lipinski definition) is 0. The molecular formula is C21H28N4O3. The summed E-state index contributed by atoms with van der Waals surface area (Å²) in [7, 11) is 0. The lowest BCUT2D eigenvalue weighted by Crippen LogP contribution is -2.53. The van der Waals surface area contributed by atoms with Gasteiger partial charge in [0.2, 0.25) is 5.91 Å². The number of carbonyl (C=O) groups is 2. The number of nitrogens with zero attached hydrogens (tertiary/aromatic N) is 4. The number of rotatable bonds is 5. The van der Waals surface area contributed by atoms with Crippen molar-refractivity contribution in [2.45, 2.75) is 32.2 Å². The number of carbonyl (C=O) groups excluding carboxylic acids is 2. The maximum Gasteiger partial charge on any atom is 0.260 e. The summed E-state index contributed by atoms with van der Waals surface area (Å²) >= 11 is 0. The monoisotopic (exact) mass is 384 g/mol. The predicted octanol–water partition coefficient (Wildman–Crippen LogP) is 1.48. The summed E-state index contributed by atoms with van der Waals surface area (Å²) in [6.45, 7) is 5.89. The Morgan fingerprint density at radius 1 is 1.11 bits per heavy atom. The van der Waals surface area contributed by atoms with Crippen molar-refractivity contribution in [3.63, 3.8) is 0 Å². The average Bonchev–Trinajstić information content (AvgIpc) is 2.73. The summed E-state index contributed by atoms with van der Waals surface area (Å²) in [6, 6.07) is 9.29. The number of likely N-dealkylation sites (tertiary alicyclic amines) is 1. The van der Waals surface area contributed by atoms with Crippen LogP contribution in [-0.4, -0.2) is 78.4 Å². The second-order valence-electron chi connectivity index (χ2n) is 7.49. The van der Waals surface area contributed by atoms with E-state index < -0.39 is 0 Å². The summed E-state index contributed by atoms with van der Waals surface area (Å²) < 4.78 is 5.54. The van der Waals surface area contributed by atoms with Crippen LogP contribution in [0.1, 0.15) is 31.7 Å². The largest absolute Gasteiger partial charge is 0.482 e. The van der Waals surface area contributed by atoms with Gasteiger partial charge in [-0.15, -0.1) is 0 Å². The first-order valence-corrected chi connectivity index (χ1v) is 10.00. The maximum atomic E-state index is 12.6. The van der Waals surface area contributed by atoms with Crippen molar-refractivity contribution >= 4 is 11.8 Å². The topological polar surface area (TPSA) is 76.9 Å². The minimum atomic E-state index is -0.0941. The summed E-state index contributed by atoms with van der Waals surface area (Å²) in [5, 5.41) is 9.08. The van der Waals surface area contributed by atoms with Crippen molar-refractivity contribution in [3.8, 4) is 11.8 Å². The Kier molecular flexibility index (Phi) is 6.88. The minimum absolute atomic E-state index is 0.0804. The molecule has 1 aromatic carbocycles. The van der Waals surface area contributed by atoms with Gasteiger partial charge in [0, 0.05) is 38.8 Å². The zero-order chi connectivity index (χ0) is 19.9. The normalized spacial score (nSPS) is 20.5. The number of ether oxygens (including phenoxy) is 1. The Hall–Kier alpha value is -2.59. The van der Waals surface area contributed by atoms with Crippen molar-refractivity contribution < 1.29 is 14.3 Å². The first kappa shape index (κ1) is 20.2. The molecule has 0 aliphatic carbocycles.